The lowest BCUT2D eigenvalue weighted by atomic mass is 10.2. The van der Waals surface area contributed by atoms with Crippen LogP contribution in [0.1, 0.15) is 5.76 Å². The molecule has 1 aliphatic heterocycles. The fourth-order valence-corrected chi connectivity index (χ4v) is 3.87. The number of para-hydroxylation sites is 2. The molecule has 0 radical (unpaired) electrons. The zero-order valence-electron chi connectivity index (χ0n) is 14.5. The molecule has 0 spiro atoms. The summed E-state index contributed by atoms with van der Waals surface area (Å²) in [6.45, 7) is 2.28. The van der Waals surface area contributed by atoms with E-state index in [2.05, 4.69) is 50.2 Å². The normalized spacial score (nSPS) is 12.6. The summed E-state index contributed by atoms with van der Waals surface area (Å²) in [6.07, 6.45) is 1.66. The van der Waals surface area contributed by atoms with E-state index in [1.54, 1.807) is 31.0 Å². The van der Waals surface area contributed by atoms with Crippen LogP contribution < -0.4 is 15.6 Å². The Morgan fingerprint density at radius 2 is 1.85 bits per heavy atom. The molecular formula is C19H17N5O2S. The van der Waals surface area contributed by atoms with Crippen molar-refractivity contribution in [2.75, 3.05) is 16.8 Å². The molecule has 2 amide bonds. The van der Waals surface area contributed by atoms with E-state index in [0.717, 1.165) is 11.4 Å². The molecule has 1 aliphatic rings. The molecular weight excluding hydrogens is 362 g/mol. The van der Waals surface area contributed by atoms with E-state index < -0.39 is 6.03 Å². The third-order valence-corrected chi connectivity index (χ3v) is 5.05. The average molecular weight is 379 g/mol. The molecule has 1 aromatic heterocycles. The van der Waals surface area contributed by atoms with Gasteiger partial charge in [-0.25, -0.2) is 10.2 Å². The third-order valence-electron chi connectivity index (χ3n) is 3.92. The molecule has 136 valence electrons. The van der Waals surface area contributed by atoms with Crippen molar-refractivity contribution in [2.45, 2.75) is 16.7 Å². The second-order valence-corrected chi connectivity index (χ2v) is 6.93. The fourth-order valence-electron chi connectivity index (χ4n) is 2.77. The summed E-state index contributed by atoms with van der Waals surface area (Å²) >= 11 is 1.75. The van der Waals surface area contributed by atoms with E-state index >= 15 is 0 Å². The lowest BCUT2D eigenvalue weighted by Crippen LogP contribution is -2.27. The van der Waals surface area contributed by atoms with Gasteiger partial charge in [0.2, 0.25) is 0 Å². The van der Waals surface area contributed by atoms with Gasteiger partial charge in [0.05, 0.1) is 17.9 Å². The Hall–Kier alpha value is -3.26. The minimum Gasteiger partial charge on any atom is -0.360 e. The van der Waals surface area contributed by atoms with Crippen LogP contribution in [0.25, 0.3) is 0 Å². The van der Waals surface area contributed by atoms with Gasteiger partial charge in [0.1, 0.15) is 5.76 Å². The van der Waals surface area contributed by atoms with E-state index in [4.69, 9.17) is 4.52 Å². The first-order valence-electron chi connectivity index (χ1n) is 8.36. The van der Waals surface area contributed by atoms with Gasteiger partial charge in [-0.15, -0.1) is 0 Å². The third kappa shape index (κ3) is 3.80. The van der Waals surface area contributed by atoms with Crippen LogP contribution in [0.2, 0.25) is 0 Å². The molecule has 0 fully saturated rings. The van der Waals surface area contributed by atoms with Gasteiger partial charge in [-0.3, -0.25) is 5.32 Å². The van der Waals surface area contributed by atoms with Crippen LogP contribution in [-0.4, -0.2) is 23.9 Å². The number of hydrogen-bond acceptors (Lipinski definition) is 6. The van der Waals surface area contributed by atoms with Crippen LogP contribution in [0, 0.1) is 6.92 Å². The number of hydrogen-bond donors (Lipinski definition) is 2. The highest BCUT2D eigenvalue weighted by atomic mass is 32.2. The largest absolute Gasteiger partial charge is 0.360 e. The first-order valence-corrected chi connectivity index (χ1v) is 9.17. The van der Waals surface area contributed by atoms with Crippen molar-refractivity contribution in [3.63, 3.8) is 0 Å². The number of carbonyl (C=O) groups is 1. The maximum absolute atomic E-state index is 11.8. The number of rotatable bonds is 4. The second kappa shape index (κ2) is 7.55. The lowest BCUT2D eigenvalue weighted by Gasteiger charge is -2.31. The topological polar surface area (TPSA) is 82.8 Å². The number of fused-ring (bicyclic) bond motifs is 2. The summed E-state index contributed by atoms with van der Waals surface area (Å²) in [5.41, 5.74) is 4.67. The van der Waals surface area contributed by atoms with Crippen molar-refractivity contribution in [3.8, 4) is 0 Å². The number of aryl methyl sites for hydroxylation is 1. The fraction of sp³-hybridized carbons (Fsp3) is 0.105. The molecule has 3 aromatic rings. The van der Waals surface area contributed by atoms with Gasteiger partial charge in [0, 0.05) is 22.1 Å². The number of nitrogens with one attached hydrogen (secondary N) is 2. The van der Waals surface area contributed by atoms with Crippen LogP contribution in [0.5, 0.6) is 0 Å². The minimum absolute atomic E-state index is 0.344. The molecule has 2 N–H and O–H groups in total. The van der Waals surface area contributed by atoms with Crippen molar-refractivity contribution < 1.29 is 9.32 Å². The maximum atomic E-state index is 11.8. The molecule has 0 atom stereocenters. The highest BCUT2D eigenvalue weighted by Crippen LogP contribution is 2.47. The molecule has 8 heteroatoms. The maximum Gasteiger partial charge on any atom is 0.340 e. The van der Waals surface area contributed by atoms with E-state index in [1.807, 2.05) is 24.3 Å². The Kier molecular flexibility index (Phi) is 4.80. The monoisotopic (exact) mass is 379 g/mol. The van der Waals surface area contributed by atoms with Gasteiger partial charge in [-0.05, 0) is 31.2 Å². The number of nitrogens with zero attached hydrogens (tertiary/aromatic N) is 3. The quantitative estimate of drug-likeness (QED) is 0.519. The van der Waals surface area contributed by atoms with Crippen molar-refractivity contribution in [3.05, 3.63) is 60.4 Å². The Morgan fingerprint density at radius 1 is 1.19 bits per heavy atom. The number of amides is 2. The highest BCUT2D eigenvalue weighted by Gasteiger charge is 2.21. The molecule has 0 saturated heterocycles. The molecule has 27 heavy (non-hydrogen) atoms. The Morgan fingerprint density at radius 3 is 2.48 bits per heavy atom. The van der Waals surface area contributed by atoms with E-state index in [1.165, 1.54) is 9.79 Å². The Bertz CT molecular complexity index is 956. The van der Waals surface area contributed by atoms with Crippen LogP contribution in [0.4, 0.5) is 22.0 Å². The lowest BCUT2D eigenvalue weighted by molar-refractivity contribution is 0.252. The number of hydrazone groups is 1. The molecule has 2 heterocycles. The van der Waals surface area contributed by atoms with Crippen LogP contribution in [0.3, 0.4) is 0 Å². The number of benzene rings is 2. The van der Waals surface area contributed by atoms with Gasteiger partial charge < -0.3 is 9.42 Å². The molecule has 0 bridgehead atoms. The molecule has 7 nitrogen and oxygen atoms in total. The summed E-state index contributed by atoms with van der Waals surface area (Å²) in [5.74, 6) is 0.963. The van der Waals surface area contributed by atoms with E-state index in [0.29, 0.717) is 18.1 Å². The predicted molar refractivity (Wildman–Crippen MR) is 106 cm³/mol. The first-order chi connectivity index (χ1) is 13.2. The van der Waals surface area contributed by atoms with Gasteiger partial charge in [-0.2, -0.15) is 5.10 Å². The second-order valence-electron chi connectivity index (χ2n) is 5.85. The molecule has 0 aliphatic carbocycles. The van der Waals surface area contributed by atoms with Gasteiger partial charge in [0.15, 0.2) is 5.82 Å². The van der Waals surface area contributed by atoms with Crippen molar-refractivity contribution >= 4 is 41.2 Å². The van der Waals surface area contributed by atoms with E-state index in [-0.39, 0.29) is 0 Å². The number of carbonyl (C=O) groups excluding carboxylic acids is 1. The van der Waals surface area contributed by atoms with E-state index in [9.17, 15) is 4.79 Å². The summed E-state index contributed by atoms with van der Waals surface area (Å²) in [5, 5.41) is 10.3. The zero-order valence-corrected chi connectivity index (χ0v) is 15.4. The van der Waals surface area contributed by atoms with Crippen molar-refractivity contribution in [2.24, 2.45) is 5.10 Å². The Labute approximate surface area is 160 Å². The summed E-state index contributed by atoms with van der Waals surface area (Å²) in [7, 11) is 0. The van der Waals surface area contributed by atoms with Gasteiger partial charge >= 0.3 is 6.03 Å². The summed E-state index contributed by atoms with van der Waals surface area (Å²) < 4.78 is 4.90. The molecule has 2 aromatic carbocycles. The molecule has 4 rings (SSSR count). The summed E-state index contributed by atoms with van der Waals surface area (Å²) in [4.78, 5) is 16.4. The molecule has 0 unspecified atom stereocenters. The zero-order chi connectivity index (χ0) is 18.6. The van der Waals surface area contributed by atoms with Crippen LogP contribution >= 0.6 is 11.8 Å². The number of anilines is 3. The van der Waals surface area contributed by atoms with Gasteiger partial charge in [0.25, 0.3) is 0 Å². The predicted octanol–water partition coefficient (Wildman–Crippen LogP) is 4.39. The van der Waals surface area contributed by atoms with Crippen molar-refractivity contribution in [1.82, 2.24) is 10.6 Å². The standard InChI is InChI=1S/C19H17N5O2S/c1-13-12-18(23-26-13)21-19(25)22-20-10-11-24-14-6-2-4-8-16(14)27-17-9-5-3-7-15(17)24/h2-10,12H,11H2,1H3,(H2,21,22,23,25). The van der Waals surface area contributed by atoms with Crippen LogP contribution in [0.15, 0.2) is 74.0 Å². The SMILES string of the molecule is Cc1cc(NC(=O)NN=CCN2c3ccccc3Sc3ccccc32)no1. The highest BCUT2D eigenvalue weighted by molar-refractivity contribution is 7.99. The number of aromatic nitrogens is 1. The van der Waals surface area contributed by atoms with Crippen LogP contribution in [-0.2, 0) is 0 Å². The first kappa shape index (κ1) is 17.2. The Balaban J connectivity index is 1.43. The van der Waals surface area contributed by atoms with Crippen molar-refractivity contribution in [1.29, 1.82) is 0 Å². The minimum atomic E-state index is -0.477. The smallest absolute Gasteiger partial charge is 0.340 e. The molecule has 0 saturated carbocycles. The average Bonchev–Trinajstić information content (AvgIpc) is 3.09. The number of urea groups is 1. The summed E-state index contributed by atoms with van der Waals surface area (Å²) in [6, 6.07) is 17.6. The van der Waals surface area contributed by atoms with Gasteiger partial charge in [-0.1, -0.05) is 41.2 Å².